The zero-order valence-electron chi connectivity index (χ0n) is 16.1. The van der Waals surface area contributed by atoms with Crippen molar-refractivity contribution in [2.75, 3.05) is 27.2 Å². The van der Waals surface area contributed by atoms with E-state index in [2.05, 4.69) is 11.9 Å². The van der Waals surface area contributed by atoms with Gasteiger partial charge < -0.3 is 24.5 Å². The first-order valence-electron chi connectivity index (χ1n) is 9.00. The van der Waals surface area contributed by atoms with Gasteiger partial charge in [0, 0.05) is 23.1 Å². The minimum absolute atomic E-state index is 0.0122. The minimum Gasteiger partial charge on any atom is -0.508 e. The van der Waals surface area contributed by atoms with E-state index in [0.29, 0.717) is 42.4 Å². The molecule has 146 valence electrons. The van der Waals surface area contributed by atoms with Gasteiger partial charge in [-0.15, -0.1) is 0 Å². The lowest BCUT2D eigenvalue weighted by Crippen LogP contribution is -2.29. The molecule has 0 spiro atoms. The van der Waals surface area contributed by atoms with Gasteiger partial charge in [0.2, 0.25) is 0 Å². The Morgan fingerprint density at radius 3 is 2.57 bits per heavy atom. The van der Waals surface area contributed by atoms with Crippen molar-refractivity contribution in [2.24, 2.45) is 0 Å². The molecule has 1 amide bonds. The van der Waals surface area contributed by atoms with Crippen molar-refractivity contribution in [3.8, 4) is 5.75 Å². The van der Waals surface area contributed by atoms with Crippen molar-refractivity contribution in [3.05, 3.63) is 72.0 Å². The number of hydrogen-bond donors (Lipinski definition) is 2. The summed E-state index contributed by atoms with van der Waals surface area (Å²) < 4.78 is 11.4. The van der Waals surface area contributed by atoms with E-state index in [9.17, 15) is 9.90 Å². The van der Waals surface area contributed by atoms with Crippen molar-refractivity contribution in [2.45, 2.75) is 6.54 Å². The molecule has 0 aliphatic heterocycles. The lowest BCUT2D eigenvalue weighted by molar-refractivity contribution is 0.0919. The van der Waals surface area contributed by atoms with Crippen LogP contribution in [0.15, 0.2) is 59.5 Å². The maximum absolute atomic E-state index is 12.6. The number of nitrogens with one attached hydrogen (secondary N) is 1. The van der Waals surface area contributed by atoms with Crippen LogP contribution >= 0.6 is 0 Å². The van der Waals surface area contributed by atoms with E-state index < -0.39 is 0 Å². The van der Waals surface area contributed by atoms with Crippen LogP contribution < -0.4 is 10.1 Å². The second kappa shape index (κ2) is 8.63. The van der Waals surface area contributed by atoms with Crippen LogP contribution in [0.3, 0.4) is 0 Å². The van der Waals surface area contributed by atoms with E-state index in [1.165, 1.54) is 0 Å². The fourth-order valence-corrected chi connectivity index (χ4v) is 2.91. The van der Waals surface area contributed by atoms with E-state index in [4.69, 9.17) is 9.15 Å². The first kappa shape index (κ1) is 19.5. The van der Waals surface area contributed by atoms with E-state index in [-0.39, 0.29) is 11.7 Å². The maximum atomic E-state index is 12.6. The highest BCUT2D eigenvalue weighted by atomic mass is 16.5. The molecular weight excluding hydrogens is 356 g/mol. The summed E-state index contributed by atoms with van der Waals surface area (Å²) in [6.07, 6.45) is 0. The second-order valence-electron chi connectivity index (χ2n) is 6.72. The average molecular weight is 380 g/mol. The minimum atomic E-state index is -0.261. The third-order valence-electron chi connectivity index (χ3n) is 4.22. The Morgan fingerprint density at radius 2 is 1.89 bits per heavy atom. The van der Waals surface area contributed by atoms with Gasteiger partial charge in [-0.2, -0.15) is 0 Å². The normalized spacial score (nSPS) is 11.0. The molecule has 3 aromatic rings. The Kier molecular flexibility index (Phi) is 6.01. The summed E-state index contributed by atoms with van der Waals surface area (Å²) in [5, 5.41) is 13.1. The van der Waals surface area contributed by atoms with Gasteiger partial charge in [-0.1, -0.05) is 24.8 Å². The summed E-state index contributed by atoms with van der Waals surface area (Å²) >= 11 is 0. The number of ether oxygens (including phenoxy) is 1. The van der Waals surface area contributed by atoms with Gasteiger partial charge in [-0.05, 0) is 44.4 Å². The first-order chi connectivity index (χ1) is 13.5. The Bertz CT molecular complexity index is 974. The molecule has 2 aromatic carbocycles. The summed E-state index contributed by atoms with van der Waals surface area (Å²) in [5.74, 6) is 0.735. The molecule has 0 radical (unpaired) electrons. The monoisotopic (exact) mass is 380 g/mol. The number of nitrogens with zero attached hydrogens (tertiary/aromatic N) is 1. The van der Waals surface area contributed by atoms with Gasteiger partial charge >= 0.3 is 0 Å². The highest BCUT2D eigenvalue weighted by Gasteiger charge is 2.20. The summed E-state index contributed by atoms with van der Waals surface area (Å²) in [6, 6.07) is 14.6. The highest BCUT2D eigenvalue weighted by molar-refractivity contribution is 5.99. The molecule has 0 bridgehead atoms. The lowest BCUT2D eigenvalue weighted by atomic mass is 10.1. The molecule has 1 heterocycles. The van der Waals surface area contributed by atoms with Crippen LogP contribution in [0.2, 0.25) is 0 Å². The largest absolute Gasteiger partial charge is 0.508 e. The number of hydrogen-bond acceptors (Lipinski definition) is 5. The quantitative estimate of drug-likeness (QED) is 0.459. The number of aliphatic hydroxyl groups is 1. The Balaban J connectivity index is 1.61. The molecule has 0 saturated carbocycles. The van der Waals surface area contributed by atoms with Crippen LogP contribution in [0.4, 0.5) is 0 Å². The third-order valence-corrected chi connectivity index (χ3v) is 4.22. The van der Waals surface area contributed by atoms with Crippen LogP contribution in [0.25, 0.3) is 16.7 Å². The fourth-order valence-electron chi connectivity index (χ4n) is 2.91. The van der Waals surface area contributed by atoms with Gasteiger partial charge in [-0.3, -0.25) is 4.79 Å². The molecular formula is C22H24N2O4. The predicted molar refractivity (Wildman–Crippen MR) is 110 cm³/mol. The van der Waals surface area contributed by atoms with Crippen LogP contribution in [-0.4, -0.2) is 43.2 Å². The van der Waals surface area contributed by atoms with Crippen molar-refractivity contribution >= 4 is 22.6 Å². The topological polar surface area (TPSA) is 74.9 Å². The Morgan fingerprint density at radius 1 is 1.18 bits per heavy atom. The molecule has 6 nitrogen and oxygen atoms in total. The Hall–Kier alpha value is -3.25. The van der Waals surface area contributed by atoms with E-state index in [0.717, 1.165) is 10.9 Å². The molecule has 6 heteroatoms. The number of para-hydroxylation sites is 1. The van der Waals surface area contributed by atoms with E-state index >= 15 is 0 Å². The SMILES string of the molecule is C=C(O)c1ccc(OCCNC(=O)c2oc3ccccc3c2CN(C)C)cc1. The van der Waals surface area contributed by atoms with Gasteiger partial charge in [0.1, 0.15) is 23.7 Å². The maximum Gasteiger partial charge on any atom is 0.287 e. The van der Waals surface area contributed by atoms with E-state index in [1.54, 1.807) is 24.3 Å². The van der Waals surface area contributed by atoms with E-state index in [1.807, 2.05) is 43.3 Å². The average Bonchev–Trinajstić information content (AvgIpc) is 3.03. The standard InChI is InChI=1S/C22H24N2O4/c1-15(25)16-8-10-17(11-9-16)27-13-12-23-22(26)21-19(14-24(2)3)18-6-4-5-7-20(18)28-21/h4-11,25H,1,12-14H2,2-3H3,(H,23,26). The summed E-state index contributed by atoms with van der Waals surface area (Å²) in [4.78, 5) is 14.6. The van der Waals surface area contributed by atoms with Crippen molar-refractivity contribution in [3.63, 3.8) is 0 Å². The molecule has 0 unspecified atom stereocenters. The van der Waals surface area contributed by atoms with Crippen molar-refractivity contribution < 1.29 is 19.1 Å². The van der Waals surface area contributed by atoms with Crippen molar-refractivity contribution in [1.82, 2.24) is 10.2 Å². The molecule has 2 N–H and O–H groups in total. The fraction of sp³-hybridized carbons (Fsp3) is 0.227. The van der Waals surface area contributed by atoms with Crippen LogP contribution in [0.5, 0.6) is 5.75 Å². The number of benzene rings is 2. The molecule has 3 rings (SSSR count). The number of furan rings is 1. The molecule has 28 heavy (non-hydrogen) atoms. The van der Waals surface area contributed by atoms with Crippen molar-refractivity contribution in [1.29, 1.82) is 0 Å². The smallest absolute Gasteiger partial charge is 0.287 e. The third kappa shape index (κ3) is 4.53. The number of carbonyl (C=O) groups is 1. The number of rotatable bonds is 8. The van der Waals surface area contributed by atoms with Gasteiger partial charge in [0.15, 0.2) is 5.76 Å². The molecule has 0 aliphatic carbocycles. The predicted octanol–water partition coefficient (Wildman–Crippen LogP) is 3.83. The highest BCUT2D eigenvalue weighted by Crippen LogP contribution is 2.26. The van der Waals surface area contributed by atoms with Gasteiger partial charge in [0.25, 0.3) is 5.91 Å². The van der Waals surface area contributed by atoms with Crippen LogP contribution in [-0.2, 0) is 6.54 Å². The van der Waals surface area contributed by atoms with Crippen LogP contribution in [0.1, 0.15) is 21.7 Å². The summed E-state index contributed by atoms with van der Waals surface area (Å²) in [6.45, 7) is 4.74. The molecule has 0 aliphatic rings. The molecule has 0 atom stereocenters. The Labute approximate surface area is 164 Å². The number of carbonyl (C=O) groups excluding carboxylic acids is 1. The second-order valence-corrected chi connectivity index (χ2v) is 6.72. The first-order valence-corrected chi connectivity index (χ1v) is 9.00. The molecule has 1 aromatic heterocycles. The number of aliphatic hydroxyl groups excluding tert-OH is 1. The van der Waals surface area contributed by atoms with Gasteiger partial charge in [0.05, 0.1) is 6.54 Å². The zero-order valence-corrected chi connectivity index (χ0v) is 16.1. The molecule has 0 fully saturated rings. The number of amides is 1. The zero-order chi connectivity index (χ0) is 20.1. The number of fused-ring (bicyclic) bond motifs is 1. The van der Waals surface area contributed by atoms with Crippen LogP contribution in [0, 0.1) is 0 Å². The molecule has 0 saturated heterocycles. The summed E-state index contributed by atoms with van der Waals surface area (Å²) in [5.41, 5.74) is 2.21. The lowest BCUT2D eigenvalue weighted by Gasteiger charge is -2.11. The summed E-state index contributed by atoms with van der Waals surface area (Å²) in [7, 11) is 3.91. The van der Waals surface area contributed by atoms with Gasteiger partial charge in [-0.25, -0.2) is 0 Å².